The second kappa shape index (κ2) is 7.26. The molecule has 0 atom stereocenters. The van der Waals surface area contributed by atoms with E-state index in [2.05, 4.69) is 4.98 Å². The number of hydrogen-bond acceptors (Lipinski definition) is 5. The van der Waals surface area contributed by atoms with E-state index in [1.165, 1.54) is 4.90 Å². The van der Waals surface area contributed by atoms with Crippen molar-refractivity contribution in [3.8, 4) is 0 Å². The predicted molar refractivity (Wildman–Crippen MR) is 117 cm³/mol. The first-order valence-corrected chi connectivity index (χ1v) is 11.9. The van der Waals surface area contributed by atoms with Gasteiger partial charge in [0.1, 0.15) is 5.54 Å². The standard InChI is InChI=1S/C23H18F3N3O4S/c1-14-2-7-19-18(12-14)15(8-11-27-19)13-28-21(31)29(20(30)22(28)9-10-22)16-3-5-17(6-4-16)34(32,33)23(24,25)26/h2-8,11-12H,9-10,13H2,1H3. The van der Waals surface area contributed by atoms with E-state index in [1.54, 1.807) is 12.3 Å². The van der Waals surface area contributed by atoms with Gasteiger partial charge in [0.05, 0.1) is 16.1 Å². The lowest BCUT2D eigenvalue weighted by Gasteiger charge is -2.22. The van der Waals surface area contributed by atoms with Gasteiger partial charge in [-0.1, -0.05) is 11.6 Å². The maximum absolute atomic E-state index is 13.3. The zero-order chi connectivity index (χ0) is 24.5. The van der Waals surface area contributed by atoms with Crippen LogP contribution in [0.3, 0.4) is 0 Å². The van der Waals surface area contributed by atoms with E-state index in [1.807, 2.05) is 25.1 Å². The molecule has 3 aromatic rings. The second-order valence-corrected chi connectivity index (χ2v) is 10.4. The van der Waals surface area contributed by atoms with Crippen LogP contribution >= 0.6 is 0 Å². The molecule has 176 valence electrons. The van der Waals surface area contributed by atoms with Crippen molar-refractivity contribution in [2.24, 2.45) is 0 Å². The molecule has 1 saturated heterocycles. The Labute approximate surface area is 192 Å². The van der Waals surface area contributed by atoms with Gasteiger partial charge in [0.2, 0.25) is 0 Å². The lowest BCUT2D eigenvalue weighted by molar-refractivity contribution is -0.120. The summed E-state index contributed by atoms with van der Waals surface area (Å²) in [4.78, 5) is 32.3. The Morgan fingerprint density at radius 3 is 2.32 bits per heavy atom. The van der Waals surface area contributed by atoms with Crippen LogP contribution in [0, 0.1) is 6.92 Å². The molecule has 2 heterocycles. The number of carbonyl (C=O) groups excluding carboxylic acids is 2. The van der Waals surface area contributed by atoms with E-state index in [0.29, 0.717) is 12.8 Å². The largest absolute Gasteiger partial charge is 0.501 e. The minimum Gasteiger partial charge on any atom is -0.305 e. The molecule has 2 fully saturated rings. The highest BCUT2D eigenvalue weighted by Crippen LogP contribution is 2.50. The third-order valence-electron chi connectivity index (χ3n) is 6.29. The van der Waals surface area contributed by atoms with Gasteiger partial charge in [-0.15, -0.1) is 0 Å². The number of urea groups is 1. The molecule has 2 aliphatic rings. The summed E-state index contributed by atoms with van der Waals surface area (Å²) in [6.45, 7) is 2.09. The Balaban J connectivity index is 1.48. The van der Waals surface area contributed by atoms with Crippen molar-refractivity contribution >= 4 is 38.4 Å². The Morgan fingerprint density at radius 2 is 1.71 bits per heavy atom. The number of nitrogens with zero attached hydrogens (tertiary/aromatic N) is 3. The molecule has 1 aromatic heterocycles. The van der Waals surface area contributed by atoms with Crippen molar-refractivity contribution in [2.75, 3.05) is 4.90 Å². The summed E-state index contributed by atoms with van der Waals surface area (Å²) in [6.07, 6.45) is 2.57. The highest BCUT2D eigenvalue weighted by atomic mass is 32.2. The van der Waals surface area contributed by atoms with Crippen LogP contribution in [-0.4, -0.2) is 41.3 Å². The first kappa shape index (κ1) is 22.3. The van der Waals surface area contributed by atoms with Crippen molar-refractivity contribution in [1.29, 1.82) is 0 Å². The lowest BCUT2D eigenvalue weighted by Crippen LogP contribution is -2.36. The highest BCUT2D eigenvalue weighted by molar-refractivity contribution is 7.92. The predicted octanol–water partition coefficient (Wildman–Crippen LogP) is 4.34. The lowest BCUT2D eigenvalue weighted by atomic mass is 10.1. The molecule has 2 aromatic carbocycles. The maximum atomic E-state index is 13.3. The van der Waals surface area contributed by atoms with Crippen LogP contribution in [0.1, 0.15) is 24.0 Å². The van der Waals surface area contributed by atoms with E-state index in [4.69, 9.17) is 0 Å². The van der Waals surface area contributed by atoms with Crippen LogP contribution in [-0.2, 0) is 21.2 Å². The van der Waals surface area contributed by atoms with Crippen LogP contribution in [0.25, 0.3) is 10.9 Å². The summed E-state index contributed by atoms with van der Waals surface area (Å²) in [6, 6.07) is 10.5. The summed E-state index contributed by atoms with van der Waals surface area (Å²) in [5.74, 6) is -0.474. The number of carbonyl (C=O) groups is 2. The molecule has 1 spiro atoms. The highest BCUT2D eigenvalue weighted by Gasteiger charge is 2.65. The molecule has 0 bridgehead atoms. The number of aromatic nitrogens is 1. The Hall–Kier alpha value is -3.47. The van der Waals surface area contributed by atoms with Crippen molar-refractivity contribution in [3.05, 3.63) is 65.9 Å². The number of benzene rings is 2. The number of amides is 3. The normalized spacial score (nSPS) is 17.8. The molecule has 11 heteroatoms. The number of aryl methyl sites for hydroxylation is 1. The summed E-state index contributed by atoms with van der Waals surface area (Å²) >= 11 is 0. The Morgan fingerprint density at radius 1 is 1.03 bits per heavy atom. The molecule has 5 rings (SSSR count). The van der Waals surface area contributed by atoms with Crippen molar-refractivity contribution < 1.29 is 31.2 Å². The third kappa shape index (κ3) is 3.25. The molecule has 0 radical (unpaired) electrons. The summed E-state index contributed by atoms with van der Waals surface area (Å²) < 4.78 is 61.8. The van der Waals surface area contributed by atoms with E-state index in [9.17, 15) is 31.2 Å². The van der Waals surface area contributed by atoms with Gasteiger partial charge in [0, 0.05) is 18.1 Å². The van der Waals surface area contributed by atoms with Gasteiger partial charge in [0.15, 0.2) is 0 Å². The zero-order valence-corrected chi connectivity index (χ0v) is 18.7. The number of fused-ring (bicyclic) bond motifs is 1. The molecular weight excluding hydrogens is 471 g/mol. The molecule has 7 nitrogen and oxygen atoms in total. The van der Waals surface area contributed by atoms with Gasteiger partial charge < -0.3 is 4.90 Å². The fourth-order valence-electron chi connectivity index (χ4n) is 4.30. The summed E-state index contributed by atoms with van der Waals surface area (Å²) in [5, 5.41) is 0.860. The average molecular weight is 489 g/mol. The molecule has 1 saturated carbocycles. The van der Waals surface area contributed by atoms with Crippen LogP contribution < -0.4 is 4.90 Å². The smallest absolute Gasteiger partial charge is 0.305 e. The van der Waals surface area contributed by atoms with Gasteiger partial charge >= 0.3 is 11.5 Å². The van der Waals surface area contributed by atoms with Crippen LogP contribution in [0.5, 0.6) is 0 Å². The number of hydrogen-bond donors (Lipinski definition) is 0. The minimum absolute atomic E-state index is 0.0142. The molecule has 0 N–H and O–H groups in total. The van der Waals surface area contributed by atoms with Crippen molar-refractivity contribution in [3.63, 3.8) is 0 Å². The first-order chi connectivity index (χ1) is 16.0. The Bertz CT molecular complexity index is 1450. The van der Waals surface area contributed by atoms with Gasteiger partial charge in [-0.2, -0.15) is 13.2 Å². The van der Waals surface area contributed by atoms with Gasteiger partial charge in [-0.05, 0) is 67.8 Å². The van der Waals surface area contributed by atoms with E-state index < -0.39 is 37.7 Å². The maximum Gasteiger partial charge on any atom is 0.501 e. The van der Waals surface area contributed by atoms with Crippen LogP contribution in [0.15, 0.2) is 59.6 Å². The number of rotatable bonds is 4. The number of halogens is 3. The zero-order valence-electron chi connectivity index (χ0n) is 17.8. The minimum atomic E-state index is -5.53. The third-order valence-corrected chi connectivity index (χ3v) is 7.79. The number of pyridine rings is 1. The Kier molecular flexibility index (Phi) is 4.77. The SMILES string of the molecule is Cc1ccc2nccc(CN3C(=O)N(c4ccc(S(=O)(=O)C(F)(F)F)cc4)C(=O)C34CC4)c2c1. The molecular formula is C23H18F3N3O4S. The van der Waals surface area contributed by atoms with Crippen LogP contribution in [0.2, 0.25) is 0 Å². The van der Waals surface area contributed by atoms with E-state index in [0.717, 1.165) is 51.2 Å². The molecule has 34 heavy (non-hydrogen) atoms. The quantitative estimate of drug-likeness (QED) is 0.509. The van der Waals surface area contributed by atoms with Gasteiger partial charge in [-0.3, -0.25) is 9.78 Å². The number of sulfone groups is 1. The summed E-state index contributed by atoms with van der Waals surface area (Å²) in [5.41, 5.74) is -3.86. The van der Waals surface area contributed by atoms with E-state index >= 15 is 0 Å². The molecule has 1 aliphatic heterocycles. The van der Waals surface area contributed by atoms with Crippen LogP contribution in [0.4, 0.5) is 23.7 Å². The van der Waals surface area contributed by atoms with E-state index in [-0.39, 0.29) is 12.2 Å². The number of alkyl halides is 3. The molecule has 3 amide bonds. The monoisotopic (exact) mass is 489 g/mol. The number of anilines is 1. The first-order valence-electron chi connectivity index (χ1n) is 10.4. The van der Waals surface area contributed by atoms with Gasteiger partial charge in [0.25, 0.3) is 15.7 Å². The summed E-state index contributed by atoms with van der Waals surface area (Å²) in [7, 11) is -5.53. The average Bonchev–Trinajstić information content (AvgIpc) is 3.55. The van der Waals surface area contributed by atoms with Crippen molar-refractivity contribution in [2.45, 2.75) is 42.3 Å². The topological polar surface area (TPSA) is 87.7 Å². The molecule has 1 aliphatic carbocycles. The fraction of sp³-hybridized carbons (Fsp3) is 0.261. The number of imide groups is 1. The van der Waals surface area contributed by atoms with Crippen molar-refractivity contribution in [1.82, 2.24) is 9.88 Å². The fourth-order valence-corrected chi connectivity index (χ4v) is 5.06. The molecule has 0 unspecified atom stereocenters. The van der Waals surface area contributed by atoms with Gasteiger partial charge in [-0.25, -0.2) is 18.1 Å². The second-order valence-electron chi connectivity index (χ2n) is 8.47.